The van der Waals surface area contributed by atoms with Crippen molar-refractivity contribution in [2.24, 2.45) is 0 Å². The average molecular weight is 406 g/mol. The number of rotatable bonds is 5. The van der Waals surface area contributed by atoms with Crippen LogP contribution in [0.4, 0.5) is 17.5 Å². The van der Waals surface area contributed by atoms with E-state index in [2.05, 4.69) is 25.6 Å². The molecule has 2 N–H and O–H groups in total. The molecule has 2 aromatic carbocycles. The van der Waals surface area contributed by atoms with E-state index in [9.17, 15) is 0 Å². The van der Waals surface area contributed by atoms with Crippen molar-refractivity contribution in [1.29, 1.82) is 0 Å². The first-order chi connectivity index (χ1) is 14.2. The number of fused-ring (bicyclic) bond motifs is 2. The summed E-state index contributed by atoms with van der Waals surface area (Å²) in [5.74, 6) is 2.67. The van der Waals surface area contributed by atoms with E-state index in [4.69, 9.17) is 21.1 Å². The molecule has 0 fully saturated rings. The van der Waals surface area contributed by atoms with Crippen LogP contribution >= 0.6 is 11.6 Å². The van der Waals surface area contributed by atoms with Gasteiger partial charge in [-0.1, -0.05) is 23.7 Å². The molecule has 5 rings (SSSR count). The highest BCUT2D eigenvalue weighted by molar-refractivity contribution is 6.30. The standard InChI is InChI=1S/C21H16ClN5O2/c22-14-3-1-13(2-4-14)10-24-21-25-11-16-17(27-21)7-8-23-20(16)26-15-5-6-18-19(9-15)29-12-28-18/h1-9,11H,10,12H2,(H,23,26)(H,24,25,27). The summed E-state index contributed by atoms with van der Waals surface area (Å²) in [6, 6.07) is 15.2. The maximum Gasteiger partial charge on any atom is 0.231 e. The van der Waals surface area contributed by atoms with Crippen molar-refractivity contribution in [2.45, 2.75) is 6.54 Å². The highest BCUT2D eigenvalue weighted by atomic mass is 35.5. The van der Waals surface area contributed by atoms with E-state index in [0.29, 0.717) is 29.1 Å². The summed E-state index contributed by atoms with van der Waals surface area (Å²) in [4.78, 5) is 13.5. The van der Waals surface area contributed by atoms with Crippen LogP contribution in [0.1, 0.15) is 5.56 Å². The zero-order chi connectivity index (χ0) is 19.6. The Hall–Kier alpha value is -3.58. The molecule has 29 heavy (non-hydrogen) atoms. The molecular weight excluding hydrogens is 390 g/mol. The van der Waals surface area contributed by atoms with Gasteiger partial charge >= 0.3 is 0 Å². The highest BCUT2D eigenvalue weighted by Crippen LogP contribution is 2.35. The van der Waals surface area contributed by atoms with Crippen LogP contribution in [0.5, 0.6) is 11.5 Å². The second-order valence-electron chi connectivity index (χ2n) is 6.46. The molecule has 1 aliphatic heterocycles. The van der Waals surface area contributed by atoms with E-state index in [0.717, 1.165) is 27.9 Å². The number of pyridine rings is 1. The lowest BCUT2D eigenvalue weighted by atomic mass is 10.2. The molecule has 0 saturated carbocycles. The molecule has 7 nitrogen and oxygen atoms in total. The van der Waals surface area contributed by atoms with Crippen LogP contribution < -0.4 is 20.1 Å². The van der Waals surface area contributed by atoms with Crippen molar-refractivity contribution in [1.82, 2.24) is 15.0 Å². The van der Waals surface area contributed by atoms with Crippen LogP contribution in [0.25, 0.3) is 10.9 Å². The van der Waals surface area contributed by atoms with Gasteiger partial charge in [0.25, 0.3) is 0 Å². The van der Waals surface area contributed by atoms with E-state index in [1.165, 1.54) is 0 Å². The largest absolute Gasteiger partial charge is 0.454 e. The van der Waals surface area contributed by atoms with Crippen LogP contribution in [-0.2, 0) is 6.54 Å². The molecule has 0 bridgehead atoms. The number of ether oxygens (including phenoxy) is 2. The van der Waals surface area contributed by atoms with Gasteiger partial charge in [-0.25, -0.2) is 15.0 Å². The summed E-state index contributed by atoms with van der Waals surface area (Å²) in [7, 11) is 0. The lowest BCUT2D eigenvalue weighted by Crippen LogP contribution is -2.04. The van der Waals surface area contributed by atoms with E-state index in [1.807, 2.05) is 48.5 Å². The summed E-state index contributed by atoms with van der Waals surface area (Å²) in [5, 5.41) is 8.07. The molecule has 0 spiro atoms. The first-order valence-corrected chi connectivity index (χ1v) is 9.39. The zero-order valence-electron chi connectivity index (χ0n) is 15.2. The Kier molecular flexibility index (Phi) is 4.50. The SMILES string of the molecule is Clc1ccc(CNc2ncc3c(Nc4ccc5c(c4)OCO5)nccc3n2)cc1. The molecule has 0 radical (unpaired) electrons. The Morgan fingerprint density at radius 1 is 0.966 bits per heavy atom. The second-order valence-corrected chi connectivity index (χ2v) is 6.90. The smallest absolute Gasteiger partial charge is 0.231 e. The second kappa shape index (κ2) is 7.44. The Labute approximate surface area is 171 Å². The zero-order valence-corrected chi connectivity index (χ0v) is 16.0. The molecule has 3 heterocycles. The van der Waals surface area contributed by atoms with Gasteiger partial charge in [0.05, 0.1) is 10.9 Å². The quantitative estimate of drug-likeness (QED) is 0.495. The summed E-state index contributed by atoms with van der Waals surface area (Å²) in [6.07, 6.45) is 3.47. The predicted octanol–water partition coefficient (Wildman–Crippen LogP) is 4.76. The van der Waals surface area contributed by atoms with Crippen molar-refractivity contribution in [3.05, 3.63) is 71.5 Å². The minimum absolute atomic E-state index is 0.241. The molecule has 0 saturated heterocycles. The summed E-state index contributed by atoms with van der Waals surface area (Å²) in [6.45, 7) is 0.848. The van der Waals surface area contributed by atoms with Gasteiger partial charge in [0.1, 0.15) is 5.82 Å². The normalized spacial score (nSPS) is 12.2. The van der Waals surface area contributed by atoms with Gasteiger partial charge in [0.15, 0.2) is 11.5 Å². The number of hydrogen-bond acceptors (Lipinski definition) is 7. The number of halogens is 1. The van der Waals surface area contributed by atoms with Crippen molar-refractivity contribution >= 4 is 40.0 Å². The van der Waals surface area contributed by atoms with Crippen molar-refractivity contribution in [3.8, 4) is 11.5 Å². The number of nitrogens with one attached hydrogen (secondary N) is 2. The fraction of sp³-hybridized carbons (Fsp3) is 0.0952. The Balaban J connectivity index is 1.36. The van der Waals surface area contributed by atoms with E-state index < -0.39 is 0 Å². The van der Waals surface area contributed by atoms with Gasteiger partial charge in [0.2, 0.25) is 12.7 Å². The molecular formula is C21H16ClN5O2. The number of anilines is 3. The fourth-order valence-corrected chi connectivity index (χ4v) is 3.16. The molecule has 2 aromatic heterocycles. The molecule has 144 valence electrons. The van der Waals surface area contributed by atoms with Crippen molar-refractivity contribution in [2.75, 3.05) is 17.4 Å². The minimum Gasteiger partial charge on any atom is -0.454 e. The van der Waals surface area contributed by atoms with Gasteiger partial charge in [0, 0.05) is 35.7 Å². The topological polar surface area (TPSA) is 81.2 Å². The van der Waals surface area contributed by atoms with Gasteiger partial charge in [-0.3, -0.25) is 0 Å². The molecule has 8 heteroatoms. The van der Waals surface area contributed by atoms with Crippen LogP contribution in [0.2, 0.25) is 5.02 Å². The van der Waals surface area contributed by atoms with E-state index >= 15 is 0 Å². The van der Waals surface area contributed by atoms with Crippen LogP contribution in [0, 0.1) is 0 Å². The molecule has 4 aromatic rings. The molecule has 0 amide bonds. The number of hydrogen-bond donors (Lipinski definition) is 2. The first kappa shape index (κ1) is 17.5. The molecule has 0 aliphatic carbocycles. The van der Waals surface area contributed by atoms with Crippen LogP contribution in [-0.4, -0.2) is 21.7 Å². The number of benzene rings is 2. The van der Waals surface area contributed by atoms with Crippen LogP contribution in [0.15, 0.2) is 60.9 Å². The predicted molar refractivity (Wildman–Crippen MR) is 112 cm³/mol. The Morgan fingerprint density at radius 3 is 2.72 bits per heavy atom. The number of nitrogens with zero attached hydrogens (tertiary/aromatic N) is 3. The Morgan fingerprint density at radius 2 is 1.83 bits per heavy atom. The Bertz CT molecular complexity index is 1180. The van der Waals surface area contributed by atoms with Gasteiger partial charge in [-0.2, -0.15) is 0 Å². The lowest BCUT2D eigenvalue weighted by molar-refractivity contribution is 0.174. The average Bonchev–Trinajstić information content (AvgIpc) is 3.21. The van der Waals surface area contributed by atoms with Crippen molar-refractivity contribution < 1.29 is 9.47 Å². The number of aromatic nitrogens is 3. The summed E-state index contributed by atoms with van der Waals surface area (Å²) >= 11 is 5.92. The minimum atomic E-state index is 0.241. The third-order valence-electron chi connectivity index (χ3n) is 4.51. The lowest BCUT2D eigenvalue weighted by Gasteiger charge is -2.10. The van der Waals surface area contributed by atoms with Gasteiger partial charge in [-0.05, 0) is 35.9 Å². The van der Waals surface area contributed by atoms with E-state index in [1.54, 1.807) is 12.4 Å². The van der Waals surface area contributed by atoms with Gasteiger partial charge in [-0.15, -0.1) is 0 Å². The van der Waals surface area contributed by atoms with E-state index in [-0.39, 0.29) is 6.79 Å². The maximum atomic E-state index is 5.92. The molecule has 0 atom stereocenters. The van der Waals surface area contributed by atoms with Crippen LogP contribution in [0.3, 0.4) is 0 Å². The summed E-state index contributed by atoms with van der Waals surface area (Å²) < 4.78 is 10.8. The van der Waals surface area contributed by atoms with Crippen molar-refractivity contribution in [3.63, 3.8) is 0 Å². The first-order valence-electron chi connectivity index (χ1n) is 9.01. The fourth-order valence-electron chi connectivity index (χ4n) is 3.04. The molecule has 0 unspecified atom stereocenters. The maximum absolute atomic E-state index is 5.92. The summed E-state index contributed by atoms with van der Waals surface area (Å²) in [5.41, 5.74) is 2.73. The third-order valence-corrected chi connectivity index (χ3v) is 4.76. The third kappa shape index (κ3) is 3.72. The molecule has 1 aliphatic rings. The van der Waals surface area contributed by atoms with Gasteiger partial charge < -0.3 is 20.1 Å². The monoisotopic (exact) mass is 405 g/mol. The highest BCUT2D eigenvalue weighted by Gasteiger charge is 2.14.